The highest BCUT2D eigenvalue weighted by molar-refractivity contribution is 5.93. The minimum atomic E-state index is -0.0413. The molecule has 1 unspecified atom stereocenters. The molecule has 0 saturated carbocycles. The van der Waals surface area contributed by atoms with Crippen molar-refractivity contribution in [3.63, 3.8) is 0 Å². The molecular weight excluding hydrogens is 278 g/mol. The van der Waals surface area contributed by atoms with Gasteiger partial charge in [-0.25, -0.2) is 4.98 Å². The van der Waals surface area contributed by atoms with Gasteiger partial charge in [-0.3, -0.25) is 4.79 Å². The summed E-state index contributed by atoms with van der Waals surface area (Å²) < 4.78 is 3.88. The lowest BCUT2D eigenvalue weighted by Crippen LogP contribution is -2.36. The molecule has 2 aromatic rings. The number of hydrogen-bond donors (Lipinski definition) is 0. The van der Waals surface area contributed by atoms with Gasteiger partial charge in [0.05, 0.1) is 5.56 Å². The molecule has 114 valence electrons. The van der Waals surface area contributed by atoms with Crippen molar-refractivity contribution in [3.05, 3.63) is 41.7 Å². The van der Waals surface area contributed by atoms with Crippen LogP contribution < -0.4 is 0 Å². The number of imidazole rings is 1. The van der Waals surface area contributed by atoms with E-state index in [4.69, 9.17) is 5.26 Å². The van der Waals surface area contributed by atoms with Gasteiger partial charge in [-0.05, 0) is 18.4 Å². The van der Waals surface area contributed by atoms with Crippen molar-refractivity contribution in [3.8, 4) is 6.07 Å². The van der Waals surface area contributed by atoms with Crippen LogP contribution in [0.1, 0.15) is 28.3 Å². The molecule has 0 saturated heterocycles. The van der Waals surface area contributed by atoms with Gasteiger partial charge >= 0.3 is 0 Å². The first-order valence-corrected chi connectivity index (χ1v) is 7.40. The first-order valence-electron chi connectivity index (χ1n) is 7.40. The average Bonchev–Trinajstić information content (AvgIpc) is 3.12. The van der Waals surface area contributed by atoms with Gasteiger partial charge in [0.2, 0.25) is 0 Å². The molecule has 1 amide bonds. The molecule has 3 rings (SSSR count). The van der Waals surface area contributed by atoms with E-state index in [1.54, 1.807) is 28.8 Å². The van der Waals surface area contributed by atoms with Crippen LogP contribution in [0.4, 0.5) is 0 Å². The second-order valence-corrected chi connectivity index (χ2v) is 5.92. The van der Waals surface area contributed by atoms with Crippen molar-refractivity contribution in [1.82, 2.24) is 19.0 Å². The lowest BCUT2D eigenvalue weighted by molar-refractivity contribution is 0.0751. The molecule has 0 radical (unpaired) electrons. The maximum absolute atomic E-state index is 12.5. The van der Waals surface area contributed by atoms with Crippen molar-refractivity contribution in [2.75, 3.05) is 13.6 Å². The molecule has 0 aliphatic carbocycles. The Hall–Kier alpha value is -2.55. The Kier molecular flexibility index (Phi) is 3.72. The summed E-state index contributed by atoms with van der Waals surface area (Å²) in [5.74, 6) is 1.53. The number of carbonyl (C=O) groups excluding carboxylic acids is 1. The van der Waals surface area contributed by atoms with Crippen molar-refractivity contribution in [2.45, 2.75) is 19.4 Å². The quantitative estimate of drug-likeness (QED) is 0.860. The van der Waals surface area contributed by atoms with E-state index in [1.807, 2.05) is 19.4 Å². The van der Waals surface area contributed by atoms with Crippen LogP contribution >= 0.6 is 0 Å². The highest BCUT2D eigenvalue weighted by atomic mass is 16.2. The van der Waals surface area contributed by atoms with E-state index < -0.39 is 0 Å². The molecule has 22 heavy (non-hydrogen) atoms. The van der Waals surface area contributed by atoms with Crippen LogP contribution in [0.25, 0.3) is 0 Å². The smallest absolute Gasteiger partial charge is 0.270 e. The van der Waals surface area contributed by atoms with Crippen LogP contribution in [0.2, 0.25) is 0 Å². The maximum Gasteiger partial charge on any atom is 0.270 e. The van der Waals surface area contributed by atoms with Crippen molar-refractivity contribution in [1.29, 1.82) is 5.26 Å². The summed E-state index contributed by atoms with van der Waals surface area (Å²) in [6, 6.07) is 3.72. The zero-order chi connectivity index (χ0) is 15.7. The van der Waals surface area contributed by atoms with Gasteiger partial charge in [-0.15, -0.1) is 0 Å². The van der Waals surface area contributed by atoms with Crippen LogP contribution in [0.3, 0.4) is 0 Å². The third-order valence-corrected chi connectivity index (χ3v) is 4.26. The number of fused-ring (bicyclic) bond motifs is 1. The van der Waals surface area contributed by atoms with Crippen LogP contribution in [0.15, 0.2) is 24.7 Å². The predicted molar refractivity (Wildman–Crippen MR) is 81.1 cm³/mol. The minimum absolute atomic E-state index is 0.0413. The van der Waals surface area contributed by atoms with Crippen molar-refractivity contribution in [2.24, 2.45) is 13.0 Å². The Morgan fingerprint density at radius 2 is 2.41 bits per heavy atom. The lowest BCUT2D eigenvalue weighted by atomic mass is 9.99. The molecule has 1 aliphatic heterocycles. The Labute approximate surface area is 129 Å². The van der Waals surface area contributed by atoms with Crippen molar-refractivity contribution >= 4 is 5.91 Å². The van der Waals surface area contributed by atoms with Crippen LogP contribution in [-0.4, -0.2) is 38.5 Å². The molecule has 0 fully saturated rings. The Morgan fingerprint density at radius 1 is 1.59 bits per heavy atom. The third kappa shape index (κ3) is 2.62. The minimum Gasteiger partial charge on any atom is -0.345 e. The summed E-state index contributed by atoms with van der Waals surface area (Å²) >= 11 is 0. The highest BCUT2D eigenvalue weighted by Crippen LogP contribution is 2.20. The standard InChI is InChI=1S/C16H19N5O/c1-19-10-13(8-17)7-14(19)16(22)20(2)9-12-3-4-15-18-5-6-21(15)11-12/h5-7,10,12H,3-4,9,11H2,1-2H3. The lowest BCUT2D eigenvalue weighted by Gasteiger charge is -2.28. The number of carbonyl (C=O) groups is 1. The van der Waals surface area contributed by atoms with Gasteiger partial charge in [0, 0.05) is 52.2 Å². The summed E-state index contributed by atoms with van der Waals surface area (Å²) in [6.07, 6.45) is 7.52. The maximum atomic E-state index is 12.5. The Bertz CT molecular complexity index is 736. The molecule has 1 atom stereocenters. The monoisotopic (exact) mass is 297 g/mol. The fourth-order valence-electron chi connectivity index (χ4n) is 3.09. The molecule has 6 nitrogen and oxygen atoms in total. The van der Waals surface area contributed by atoms with Gasteiger partial charge in [0.15, 0.2) is 0 Å². The number of rotatable bonds is 3. The highest BCUT2D eigenvalue weighted by Gasteiger charge is 2.23. The van der Waals surface area contributed by atoms with E-state index in [1.165, 1.54) is 0 Å². The summed E-state index contributed by atoms with van der Waals surface area (Å²) in [6.45, 7) is 1.62. The summed E-state index contributed by atoms with van der Waals surface area (Å²) in [7, 11) is 3.62. The second kappa shape index (κ2) is 5.68. The molecule has 0 spiro atoms. The van der Waals surface area contributed by atoms with Gasteiger partial charge in [-0.1, -0.05) is 0 Å². The van der Waals surface area contributed by atoms with Crippen LogP contribution in [0.5, 0.6) is 0 Å². The molecule has 3 heterocycles. The van der Waals surface area contributed by atoms with E-state index in [0.717, 1.165) is 25.2 Å². The largest absolute Gasteiger partial charge is 0.345 e. The predicted octanol–water partition coefficient (Wildman–Crippen LogP) is 1.43. The third-order valence-electron chi connectivity index (χ3n) is 4.26. The topological polar surface area (TPSA) is 66.8 Å². The van der Waals surface area contributed by atoms with Crippen LogP contribution in [0, 0.1) is 17.2 Å². The summed E-state index contributed by atoms with van der Waals surface area (Å²) in [5, 5.41) is 8.93. The normalized spacial score (nSPS) is 16.9. The van der Waals surface area contributed by atoms with E-state index in [2.05, 4.69) is 15.6 Å². The number of hydrogen-bond acceptors (Lipinski definition) is 3. The molecule has 1 aliphatic rings. The van der Waals surface area contributed by atoms with E-state index >= 15 is 0 Å². The SMILES string of the molecule is CN(CC1CCc2nccn2C1)C(=O)c1cc(C#N)cn1C. The molecule has 0 N–H and O–H groups in total. The van der Waals surface area contributed by atoms with Gasteiger partial charge in [0.25, 0.3) is 5.91 Å². The summed E-state index contributed by atoms with van der Waals surface area (Å²) in [5.41, 5.74) is 1.07. The zero-order valence-electron chi connectivity index (χ0n) is 12.9. The average molecular weight is 297 g/mol. The molecule has 2 aromatic heterocycles. The Balaban J connectivity index is 1.67. The first-order chi connectivity index (χ1) is 10.6. The number of nitriles is 1. The van der Waals surface area contributed by atoms with Gasteiger partial charge < -0.3 is 14.0 Å². The van der Waals surface area contributed by atoms with Crippen molar-refractivity contribution < 1.29 is 4.79 Å². The molecular formula is C16H19N5O. The number of aryl methyl sites for hydroxylation is 2. The molecule has 0 bridgehead atoms. The molecule has 0 aromatic carbocycles. The first kappa shape index (κ1) is 14.4. The van der Waals surface area contributed by atoms with Crippen LogP contribution in [-0.2, 0) is 20.0 Å². The van der Waals surface area contributed by atoms with Gasteiger partial charge in [0.1, 0.15) is 17.6 Å². The number of nitrogens with zero attached hydrogens (tertiary/aromatic N) is 5. The van der Waals surface area contributed by atoms with E-state index in [-0.39, 0.29) is 5.91 Å². The number of amides is 1. The fraction of sp³-hybridized carbons (Fsp3) is 0.438. The summed E-state index contributed by atoms with van der Waals surface area (Å²) in [4.78, 5) is 18.6. The fourth-order valence-corrected chi connectivity index (χ4v) is 3.09. The van der Waals surface area contributed by atoms with E-state index in [9.17, 15) is 4.79 Å². The number of aromatic nitrogens is 3. The van der Waals surface area contributed by atoms with E-state index in [0.29, 0.717) is 23.7 Å². The van der Waals surface area contributed by atoms with Gasteiger partial charge in [-0.2, -0.15) is 5.26 Å². The molecule has 6 heteroatoms. The zero-order valence-corrected chi connectivity index (χ0v) is 12.9. The Morgan fingerprint density at radius 3 is 3.14 bits per heavy atom. The second-order valence-electron chi connectivity index (χ2n) is 5.92.